The summed E-state index contributed by atoms with van der Waals surface area (Å²) >= 11 is 0. The first-order valence-electron chi connectivity index (χ1n) is 8.05. The van der Waals surface area contributed by atoms with Crippen LogP contribution >= 0.6 is 0 Å². The molecule has 0 saturated heterocycles. The van der Waals surface area contributed by atoms with Gasteiger partial charge >= 0.3 is 0 Å². The molecular formula is C19H16FN5O2. The summed E-state index contributed by atoms with van der Waals surface area (Å²) in [6.07, 6.45) is 0. The Hall–Kier alpha value is -3.81. The highest BCUT2D eigenvalue weighted by Gasteiger charge is 2.09. The lowest BCUT2D eigenvalue weighted by Gasteiger charge is -2.08. The number of aromatic nitrogens is 2. The van der Waals surface area contributed by atoms with Gasteiger partial charge in [-0.1, -0.05) is 6.07 Å². The van der Waals surface area contributed by atoms with Crippen molar-refractivity contribution >= 4 is 34.7 Å². The number of halogens is 1. The molecule has 0 unspecified atom stereocenters. The minimum Gasteiger partial charge on any atom is -0.339 e. The van der Waals surface area contributed by atoms with E-state index in [9.17, 15) is 14.0 Å². The maximum Gasteiger partial charge on any atom is 0.276 e. The number of carbonyl (C=O) groups is 2. The van der Waals surface area contributed by atoms with Gasteiger partial charge in [0.05, 0.1) is 0 Å². The number of anilines is 4. The molecule has 0 radical (unpaired) electrons. The van der Waals surface area contributed by atoms with E-state index in [1.165, 1.54) is 25.1 Å². The van der Waals surface area contributed by atoms with Crippen molar-refractivity contribution in [2.75, 3.05) is 16.0 Å². The third-order valence-corrected chi connectivity index (χ3v) is 3.45. The molecule has 3 N–H and O–H groups in total. The van der Waals surface area contributed by atoms with Crippen LogP contribution in [-0.4, -0.2) is 22.0 Å². The monoisotopic (exact) mass is 365 g/mol. The van der Waals surface area contributed by atoms with Crippen LogP contribution in [0.1, 0.15) is 17.4 Å². The average molecular weight is 365 g/mol. The molecule has 0 aliphatic heterocycles. The number of nitrogens with one attached hydrogen (secondary N) is 3. The summed E-state index contributed by atoms with van der Waals surface area (Å²) < 4.78 is 12.9. The number of nitrogens with zero attached hydrogens (tertiary/aromatic N) is 2. The maximum atomic E-state index is 12.9. The second-order valence-electron chi connectivity index (χ2n) is 5.65. The molecule has 0 aliphatic rings. The van der Waals surface area contributed by atoms with Crippen LogP contribution in [0, 0.1) is 5.82 Å². The molecule has 136 valence electrons. The standard InChI is InChI=1S/C19H16FN5O2/c1-12(26)21-15-3-2-4-16(11-15)23-19(27)17-9-10-18(25-24-17)22-14-7-5-13(20)6-8-14/h2-11H,1H3,(H,21,26)(H,22,25)(H,23,27). The van der Waals surface area contributed by atoms with Gasteiger partial charge in [-0.2, -0.15) is 0 Å². The summed E-state index contributed by atoms with van der Waals surface area (Å²) in [6.45, 7) is 1.41. The molecule has 0 aliphatic carbocycles. The number of rotatable bonds is 5. The third kappa shape index (κ3) is 5.08. The van der Waals surface area contributed by atoms with E-state index in [1.54, 1.807) is 42.5 Å². The zero-order chi connectivity index (χ0) is 19.2. The van der Waals surface area contributed by atoms with Gasteiger partial charge in [-0.3, -0.25) is 9.59 Å². The Labute approximate surface area is 154 Å². The minimum atomic E-state index is -0.434. The highest BCUT2D eigenvalue weighted by atomic mass is 19.1. The molecule has 0 saturated carbocycles. The molecule has 0 fully saturated rings. The summed E-state index contributed by atoms with van der Waals surface area (Å²) in [6, 6.07) is 15.7. The van der Waals surface area contributed by atoms with E-state index < -0.39 is 5.91 Å². The highest BCUT2D eigenvalue weighted by molar-refractivity contribution is 6.03. The summed E-state index contributed by atoms with van der Waals surface area (Å²) in [5, 5.41) is 16.1. The molecule has 1 aromatic heterocycles. The van der Waals surface area contributed by atoms with Crippen molar-refractivity contribution in [1.29, 1.82) is 0 Å². The SMILES string of the molecule is CC(=O)Nc1cccc(NC(=O)c2ccc(Nc3ccc(F)cc3)nn2)c1. The molecule has 8 heteroatoms. The van der Waals surface area contributed by atoms with E-state index in [2.05, 4.69) is 26.1 Å². The van der Waals surface area contributed by atoms with E-state index in [-0.39, 0.29) is 17.4 Å². The maximum absolute atomic E-state index is 12.9. The van der Waals surface area contributed by atoms with Gasteiger partial charge in [-0.25, -0.2) is 4.39 Å². The van der Waals surface area contributed by atoms with E-state index >= 15 is 0 Å². The normalized spacial score (nSPS) is 10.1. The zero-order valence-electron chi connectivity index (χ0n) is 14.4. The van der Waals surface area contributed by atoms with E-state index in [0.29, 0.717) is 22.9 Å². The fraction of sp³-hybridized carbons (Fsp3) is 0.0526. The topological polar surface area (TPSA) is 96.0 Å². The number of hydrogen-bond acceptors (Lipinski definition) is 5. The van der Waals surface area contributed by atoms with Crippen LogP contribution in [0.4, 0.5) is 27.3 Å². The fourth-order valence-electron chi connectivity index (χ4n) is 2.27. The number of amides is 2. The van der Waals surface area contributed by atoms with Crippen molar-refractivity contribution in [1.82, 2.24) is 10.2 Å². The molecule has 2 amide bonds. The fourth-order valence-corrected chi connectivity index (χ4v) is 2.27. The van der Waals surface area contributed by atoms with Gasteiger partial charge in [0.1, 0.15) is 5.82 Å². The third-order valence-electron chi connectivity index (χ3n) is 3.45. The largest absolute Gasteiger partial charge is 0.339 e. The molecule has 7 nitrogen and oxygen atoms in total. The van der Waals surface area contributed by atoms with Crippen molar-refractivity contribution in [2.45, 2.75) is 6.92 Å². The Bertz CT molecular complexity index is 959. The first-order valence-corrected chi connectivity index (χ1v) is 8.05. The van der Waals surface area contributed by atoms with Crippen LogP contribution < -0.4 is 16.0 Å². The predicted octanol–water partition coefficient (Wildman–Crippen LogP) is 3.57. The summed E-state index contributed by atoms with van der Waals surface area (Å²) in [5.74, 6) is -0.545. The number of carbonyl (C=O) groups excluding carboxylic acids is 2. The predicted molar refractivity (Wildman–Crippen MR) is 100 cm³/mol. The van der Waals surface area contributed by atoms with Crippen LogP contribution in [0.5, 0.6) is 0 Å². The van der Waals surface area contributed by atoms with Gasteiger partial charge < -0.3 is 16.0 Å². The second-order valence-corrected chi connectivity index (χ2v) is 5.65. The van der Waals surface area contributed by atoms with Crippen LogP contribution in [0.25, 0.3) is 0 Å². The van der Waals surface area contributed by atoms with E-state index in [0.717, 1.165) is 0 Å². The van der Waals surface area contributed by atoms with E-state index in [1.807, 2.05) is 0 Å². The van der Waals surface area contributed by atoms with Crippen LogP contribution in [0.15, 0.2) is 60.7 Å². The summed E-state index contributed by atoms with van der Waals surface area (Å²) in [4.78, 5) is 23.4. The molecule has 27 heavy (non-hydrogen) atoms. The lowest BCUT2D eigenvalue weighted by Crippen LogP contribution is -2.15. The minimum absolute atomic E-state index is 0.129. The van der Waals surface area contributed by atoms with Crippen molar-refractivity contribution in [2.24, 2.45) is 0 Å². The number of benzene rings is 2. The molecule has 1 heterocycles. The van der Waals surface area contributed by atoms with Gasteiger partial charge in [0.15, 0.2) is 11.5 Å². The first-order chi connectivity index (χ1) is 13.0. The average Bonchev–Trinajstić information content (AvgIpc) is 2.64. The molecular weight excluding hydrogens is 349 g/mol. The molecule has 3 aromatic rings. The molecule has 2 aromatic carbocycles. The van der Waals surface area contributed by atoms with Crippen LogP contribution in [0.2, 0.25) is 0 Å². The van der Waals surface area contributed by atoms with Crippen molar-refractivity contribution in [3.05, 3.63) is 72.2 Å². The Kier molecular flexibility index (Phi) is 5.36. The van der Waals surface area contributed by atoms with Gasteiger partial charge in [-0.15, -0.1) is 10.2 Å². The van der Waals surface area contributed by atoms with Gasteiger partial charge in [0, 0.05) is 24.0 Å². The van der Waals surface area contributed by atoms with Crippen molar-refractivity contribution < 1.29 is 14.0 Å². The second kappa shape index (κ2) is 8.05. The van der Waals surface area contributed by atoms with Crippen molar-refractivity contribution in [3.8, 4) is 0 Å². The lowest BCUT2D eigenvalue weighted by molar-refractivity contribution is -0.114. The zero-order valence-corrected chi connectivity index (χ0v) is 14.4. The van der Waals surface area contributed by atoms with Crippen LogP contribution in [0.3, 0.4) is 0 Å². The van der Waals surface area contributed by atoms with Crippen molar-refractivity contribution in [3.63, 3.8) is 0 Å². The summed E-state index contributed by atoms with van der Waals surface area (Å²) in [5.41, 5.74) is 1.87. The highest BCUT2D eigenvalue weighted by Crippen LogP contribution is 2.17. The van der Waals surface area contributed by atoms with E-state index in [4.69, 9.17) is 0 Å². The molecule has 0 spiro atoms. The summed E-state index contributed by atoms with van der Waals surface area (Å²) in [7, 11) is 0. The first kappa shape index (κ1) is 18.0. The van der Waals surface area contributed by atoms with Gasteiger partial charge in [-0.05, 0) is 54.6 Å². The van der Waals surface area contributed by atoms with Crippen LogP contribution in [-0.2, 0) is 4.79 Å². The quantitative estimate of drug-likeness (QED) is 0.642. The lowest BCUT2D eigenvalue weighted by atomic mass is 10.2. The molecule has 0 bridgehead atoms. The Morgan fingerprint density at radius 1 is 0.852 bits per heavy atom. The Balaban J connectivity index is 1.65. The van der Waals surface area contributed by atoms with Gasteiger partial charge in [0.2, 0.25) is 5.91 Å². The van der Waals surface area contributed by atoms with Gasteiger partial charge in [0.25, 0.3) is 5.91 Å². The molecule has 3 rings (SSSR count). The number of hydrogen-bond donors (Lipinski definition) is 3. The molecule has 0 atom stereocenters. The Morgan fingerprint density at radius 2 is 1.56 bits per heavy atom. The smallest absolute Gasteiger partial charge is 0.276 e. The Morgan fingerprint density at radius 3 is 2.19 bits per heavy atom.